The predicted molar refractivity (Wildman–Crippen MR) is 554 cm³/mol. The van der Waals surface area contributed by atoms with Gasteiger partial charge in [-0.25, -0.2) is 24.9 Å². The SMILES string of the molecule is CC1(C)c2ccccc2C(=O)c2ccc(-c3ccccc3-c3ccccc3-c3cc(-c4ccccc4)nc(-c4ccccc4)c3)cc21.O=C1c2ccccc2C(c2ccccc2)(c2ccccc2)c2ccc(-c3cc(-c4ccccc4)nc(-c4ccccc4)n3)cc21.O=C1c2ccccc2C(c2ccccc2)(c2ccccc2)c2cccc(-c3cc(-c4ccccc4)nc(-c4ccccc4)n3)c21. The molecule has 0 saturated carbocycles. The number of pyridine rings is 1. The van der Waals surface area contributed by atoms with Gasteiger partial charge in [-0.2, -0.15) is 0 Å². The van der Waals surface area contributed by atoms with Gasteiger partial charge >= 0.3 is 0 Å². The molecule has 8 heteroatoms. The summed E-state index contributed by atoms with van der Waals surface area (Å²) in [4.78, 5) is 67.9. The molecular weight excluding hydrogens is 1670 g/mol. The van der Waals surface area contributed by atoms with E-state index in [4.69, 9.17) is 24.9 Å². The van der Waals surface area contributed by atoms with Crippen molar-refractivity contribution in [1.82, 2.24) is 24.9 Å². The summed E-state index contributed by atoms with van der Waals surface area (Å²) >= 11 is 0. The Kier molecular flexibility index (Phi) is 22.6. The Morgan fingerprint density at radius 2 is 0.445 bits per heavy atom. The maximum Gasteiger partial charge on any atom is 0.194 e. The van der Waals surface area contributed by atoms with Crippen LogP contribution in [-0.2, 0) is 16.2 Å². The Balaban J connectivity index is 0.000000119. The summed E-state index contributed by atoms with van der Waals surface area (Å²) in [6.07, 6.45) is 0. The minimum absolute atomic E-state index is 0.000165. The van der Waals surface area contributed by atoms with E-state index in [0.29, 0.717) is 39.6 Å². The maximum absolute atomic E-state index is 14.7. The normalized spacial score (nSPS) is 13.1. The van der Waals surface area contributed by atoms with E-state index >= 15 is 0 Å². The van der Waals surface area contributed by atoms with E-state index in [1.165, 1.54) is 0 Å². The summed E-state index contributed by atoms with van der Waals surface area (Å²) in [5.41, 5.74) is 32.5. The van der Waals surface area contributed by atoms with Gasteiger partial charge in [0.25, 0.3) is 0 Å². The molecule has 24 rings (SSSR count). The van der Waals surface area contributed by atoms with Crippen molar-refractivity contribution >= 4 is 17.3 Å². The molecule has 0 unspecified atom stereocenters. The molecule has 3 aliphatic carbocycles. The van der Waals surface area contributed by atoms with Crippen molar-refractivity contribution in [3.8, 4) is 124 Å². The number of fused-ring (bicyclic) bond motifs is 6. The number of hydrogen-bond acceptors (Lipinski definition) is 8. The highest BCUT2D eigenvalue weighted by Crippen LogP contribution is 2.55. The topological polar surface area (TPSA) is 116 Å². The van der Waals surface area contributed by atoms with Crippen LogP contribution >= 0.6 is 0 Å². The molecule has 0 atom stereocenters. The third-order valence-electron chi connectivity index (χ3n) is 27.1. The first kappa shape index (κ1) is 84.8. The molecule has 8 nitrogen and oxygen atoms in total. The molecule has 0 amide bonds. The van der Waals surface area contributed by atoms with Crippen LogP contribution in [0.2, 0.25) is 0 Å². The Labute approximate surface area is 797 Å². The summed E-state index contributed by atoms with van der Waals surface area (Å²) in [7, 11) is 0. The highest BCUT2D eigenvalue weighted by molar-refractivity contribution is 6.18. The van der Waals surface area contributed by atoms with E-state index in [2.05, 4.69) is 299 Å². The standard InChI is InChI=1S/C45H33NO.2C42H28N2O/c1-45(2)40-24-14-13-23-38(40)44(47)39-26-25-32(27-41(39)45)34-19-9-11-21-36(34)37-22-12-10-20-35(37)33-28-42(30-15-5-3-6-16-30)46-43(29-33)31-17-7-4-8-18-31;45-40-33-24-13-14-26-35(33)42(31-20-9-3-10-21-31,32-22-11-4-12-23-32)36-27-15-25-34(39(36)40)38-28-37(29-16-5-1-6-17-29)43-41(44-38)30-18-7-2-8-19-30;45-40-34-23-13-14-24-36(34)42(32-19-9-3-10-20-32,33-21-11-4-12-22-33)37-26-25-31(27-35(37)40)39-28-38(29-15-5-1-6-16-29)43-41(44-39)30-17-7-2-8-18-30/h3-29H,1-2H3;2*1-28H. The number of hydrogen-bond donors (Lipinski definition) is 0. The van der Waals surface area contributed by atoms with Crippen LogP contribution in [0.25, 0.3) is 124 Å². The molecule has 3 heterocycles. The summed E-state index contributed by atoms with van der Waals surface area (Å²) < 4.78 is 0. The lowest BCUT2D eigenvalue weighted by Gasteiger charge is -2.42. The second kappa shape index (κ2) is 36.4. The molecule has 0 radical (unpaired) electrons. The molecule has 648 valence electrons. The van der Waals surface area contributed by atoms with Crippen molar-refractivity contribution in [2.75, 3.05) is 0 Å². The molecule has 21 aromatic rings. The minimum atomic E-state index is -0.712. The summed E-state index contributed by atoms with van der Waals surface area (Å²) in [5, 5.41) is 0. The molecule has 3 aromatic heterocycles. The van der Waals surface area contributed by atoms with E-state index in [0.717, 1.165) is 173 Å². The largest absolute Gasteiger partial charge is 0.289 e. The number of benzene rings is 18. The average Bonchev–Trinajstić information content (AvgIpc) is 0.698. The van der Waals surface area contributed by atoms with Crippen LogP contribution in [0, 0.1) is 0 Å². The lowest BCUT2D eigenvalue weighted by Crippen LogP contribution is -2.38. The second-order valence-electron chi connectivity index (χ2n) is 35.3. The fourth-order valence-electron chi connectivity index (χ4n) is 20.7. The highest BCUT2D eigenvalue weighted by Gasteiger charge is 2.49. The van der Waals surface area contributed by atoms with Crippen molar-refractivity contribution in [2.45, 2.75) is 30.1 Å². The molecule has 3 aliphatic rings. The monoisotopic (exact) mass is 1760 g/mol. The predicted octanol–water partition coefficient (Wildman–Crippen LogP) is 30.1. The quantitative estimate of drug-likeness (QED) is 0.0997. The van der Waals surface area contributed by atoms with E-state index in [-0.39, 0.29) is 22.8 Å². The third-order valence-corrected chi connectivity index (χ3v) is 27.1. The summed E-state index contributed by atoms with van der Waals surface area (Å²) in [6, 6.07) is 172. The van der Waals surface area contributed by atoms with Crippen molar-refractivity contribution in [3.05, 3.63) is 593 Å². The van der Waals surface area contributed by atoms with Gasteiger partial charge in [-0.05, 0) is 125 Å². The van der Waals surface area contributed by atoms with Gasteiger partial charge in [-0.3, -0.25) is 14.4 Å². The number of carbonyl (C=O) groups excluding carboxylic acids is 3. The number of nitrogens with zero attached hydrogens (tertiary/aromatic N) is 5. The van der Waals surface area contributed by atoms with Gasteiger partial charge in [0.2, 0.25) is 0 Å². The molecule has 18 aromatic carbocycles. The molecule has 0 bridgehead atoms. The van der Waals surface area contributed by atoms with Gasteiger partial charge in [-0.1, -0.05) is 481 Å². The van der Waals surface area contributed by atoms with Crippen LogP contribution in [-0.4, -0.2) is 42.3 Å². The molecule has 0 N–H and O–H groups in total. The van der Waals surface area contributed by atoms with E-state index in [1.54, 1.807) is 0 Å². The number of carbonyl (C=O) groups is 3. The first-order valence-electron chi connectivity index (χ1n) is 46.4. The van der Waals surface area contributed by atoms with Crippen LogP contribution in [0.1, 0.15) is 117 Å². The zero-order valence-electron chi connectivity index (χ0n) is 75.4. The lowest BCUT2D eigenvalue weighted by atomic mass is 9.59. The van der Waals surface area contributed by atoms with Gasteiger partial charge in [0.05, 0.1) is 45.0 Å². The lowest BCUT2D eigenvalue weighted by molar-refractivity contribution is 0.102. The van der Waals surface area contributed by atoms with Crippen LogP contribution in [0.3, 0.4) is 0 Å². The molecule has 0 saturated heterocycles. The zero-order valence-corrected chi connectivity index (χ0v) is 75.4. The van der Waals surface area contributed by atoms with E-state index in [9.17, 15) is 14.4 Å². The first-order valence-corrected chi connectivity index (χ1v) is 46.4. The van der Waals surface area contributed by atoms with Gasteiger partial charge < -0.3 is 0 Å². The van der Waals surface area contributed by atoms with Gasteiger partial charge in [-0.15, -0.1) is 0 Å². The van der Waals surface area contributed by atoms with Gasteiger partial charge in [0.15, 0.2) is 29.0 Å². The zero-order chi connectivity index (χ0) is 92.4. The Morgan fingerprint density at radius 1 is 0.161 bits per heavy atom. The van der Waals surface area contributed by atoms with E-state index in [1.807, 2.05) is 218 Å². The fraction of sp³-hybridized carbons (Fsp3) is 0.0388. The van der Waals surface area contributed by atoms with Crippen molar-refractivity contribution < 1.29 is 14.4 Å². The van der Waals surface area contributed by atoms with Crippen LogP contribution in [0.15, 0.2) is 504 Å². The van der Waals surface area contributed by atoms with Gasteiger partial charge in [0.1, 0.15) is 0 Å². The highest BCUT2D eigenvalue weighted by atomic mass is 16.1. The van der Waals surface area contributed by atoms with Crippen LogP contribution in [0.4, 0.5) is 0 Å². The van der Waals surface area contributed by atoms with Crippen molar-refractivity contribution in [3.63, 3.8) is 0 Å². The Hall–Kier alpha value is -17.7. The smallest absolute Gasteiger partial charge is 0.194 e. The Bertz CT molecular complexity index is 7870. The maximum atomic E-state index is 14.7. The summed E-state index contributed by atoms with van der Waals surface area (Å²) in [6.45, 7) is 4.44. The molecule has 0 spiro atoms. The van der Waals surface area contributed by atoms with Crippen LogP contribution in [0.5, 0.6) is 0 Å². The number of rotatable bonds is 15. The number of aromatic nitrogens is 5. The third kappa shape index (κ3) is 15.5. The molecule has 0 aliphatic heterocycles. The minimum Gasteiger partial charge on any atom is -0.289 e. The van der Waals surface area contributed by atoms with Gasteiger partial charge in [0, 0.05) is 83.3 Å². The molecule has 137 heavy (non-hydrogen) atoms. The Morgan fingerprint density at radius 3 is 0.883 bits per heavy atom. The van der Waals surface area contributed by atoms with Crippen molar-refractivity contribution in [1.29, 1.82) is 0 Å². The van der Waals surface area contributed by atoms with Crippen molar-refractivity contribution in [2.24, 2.45) is 0 Å². The summed E-state index contributed by atoms with van der Waals surface area (Å²) in [5.74, 6) is 1.38. The average molecular weight is 1760 g/mol. The first-order chi connectivity index (χ1) is 67.5. The molecular formula is C129H89N5O3. The fourth-order valence-corrected chi connectivity index (χ4v) is 20.7. The van der Waals surface area contributed by atoms with E-state index < -0.39 is 10.8 Å². The number of ketones is 3. The van der Waals surface area contributed by atoms with Crippen LogP contribution < -0.4 is 0 Å². The second-order valence-corrected chi connectivity index (χ2v) is 35.3. The molecule has 0 fully saturated rings.